The summed E-state index contributed by atoms with van der Waals surface area (Å²) in [6.07, 6.45) is 6.31. The second kappa shape index (κ2) is 7.39. The van der Waals surface area contributed by atoms with Crippen LogP contribution in [0.2, 0.25) is 0 Å². The summed E-state index contributed by atoms with van der Waals surface area (Å²) in [5.41, 5.74) is 0.545. The molecule has 1 saturated heterocycles. The van der Waals surface area contributed by atoms with E-state index in [9.17, 15) is 14.4 Å². The SMILES string of the molecule is O=C1CC(N(C(=O)c2ccco2)C2CCCCC2)C(=O)N1c1ccccc1. The minimum atomic E-state index is -0.779. The molecule has 4 rings (SSSR count). The van der Waals surface area contributed by atoms with Crippen molar-refractivity contribution < 1.29 is 18.8 Å². The predicted molar refractivity (Wildman–Crippen MR) is 99.1 cm³/mol. The van der Waals surface area contributed by atoms with E-state index in [1.54, 1.807) is 41.3 Å². The molecule has 1 aromatic carbocycles. The molecule has 1 unspecified atom stereocenters. The van der Waals surface area contributed by atoms with Crippen LogP contribution in [0.1, 0.15) is 49.1 Å². The molecule has 2 aromatic rings. The van der Waals surface area contributed by atoms with Crippen LogP contribution < -0.4 is 4.90 Å². The Hall–Kier alpha value is -2.89. The van der Waals surface area contributed by atoms with Crippen molar-refractivity contribution in [2.24, 2.45) is 0 Å². The van der Waals surface area contributed by atoms with E-state index < -0.39 is 6.04 Å². The molecule has 6 nitrogen and oxygen atoms in total. The zero-order chi connectivity index (χ0) is 18.8. The smallest absolute Gasteiger partial charge is 0.290 e. The third-order valence-electron chi connectivity index (χ3n) is 5.41. The molecule has 2 aliphatic rings. The molecule has 6 heteroatoms. The van der Waals surface area contributed by atoms with Gasteiger partial charge < -0.3 is 9.32 Å². The van der Waals surface area contributed by atoms with E-state index in [0.29, 0.717) is 5.69 Å². The predicted octanol–water partition coefficient (Wildman–Crippen LogP) is 3.39. The van der Waals surface area contributed by atoms with Gasteiger partial charge in [-0.25, -0.2) is 4.90 Å². The summed E-state index contributed by atoms with van der Waals surface area (Å²) in [6.45, 7) is 0. The van der Waals surface area contributed by atoms with Gasteiger partial charge >= 0.3 is 0 Å². The van der Waals surface area contributed by atoms with Gasteiger partial charge in [0.05, 0.1) is 18.4 Å². The summed E-state index contributed by atoms with van der Waals surface area (Å²) in [6, 6.07) is 11.3. The number of para-hydroxylation sites is 1. The largest absolute Gasteiger partial charge is 0.459 e. The van der Waals surface area contributed by atoms with Crippen LogP contribution in [-0.2, 0) is 9.59 Å². The van der Waals surface area contributed by atoms with E-state index in [1.165, 1.54) is 11.2 Å². The number of hydrogen-bond donors (Lipinski definition) is 0. The standard InChI is InChI=1S/C21H22N2O4/c24-19-14-17(20(25)23(19)16-10-5-2-6-11-16)22(15-8-3-1-4-9-15)21(26)18-12-7-13-27-18/h2,5-7,10-13,15,17H,1,3-4,8-9,14H2. The Bertz CT molecular complexity index is 825. The van der Waals surface area contributed by atoms with E-state index in [1.807, 2.05) is 6.07 Å². The molecule has 3 amide bonds. The summed E-state index contributed by atoms with van der Waals surface area (Å²) < 4.78 is 5.30. The first-order valence-corrected chi connectivity index (χ1v) is 9.45. The number of furan rings is 1. The van der Waals surface area contributed by atoms with Gasteiger partial charge in [0.1, 0.15) is 6.04 Å². The fourth-order valence-electron chi connectivity index (χ4n) is 4.13. The average Bonchev–Trinajstić information content (AvgIpc) is 3.32. The lowest BCUT2D eigenvalue weighted by molar-refractivity contribution is -0.123. The van der Waals surface area contributed by atoms with Crippen molar-refractivity contribution in [2.75, 3.05) is 4.90 Å². The first-order chi connectivity index (χ1) is 13.2. The van der Waals surface area contributed by atoms with Gasteiger partial charge in [-0.2, -0.15) is 0 Å². The van der Waals surface area contributed by atoms with Crippen molar-refractivity contribution in [1.82, 2.24) is 4.90 Å². The summed E-state index contributed by atoms with van der Waals surface area (Å²) >= 11 is 0. The fraction of sp³-hybridized carbons (Fsp3) is 0.381. The van der Waals surface area contributed by atoms with Crippen LogP contribution in [0.25, 0.3) is 0 Å². The molecule has 2 fully saturated rings. The molecule has 0 radical (unpaired) electrons. The Morgan fingerprint density at radius 1 is 1.00 bits per heavy atom. The second-order valence-corrected chi connectivity index (χ2v) is 7.10. The summed E-state index contributed by atoms with van der Waals surface area (Å²) in [7, 11) is 0. The average molecular weight is 366 g/mol. The topological polar surface area (TPSA) is 70.8 Å². The number of hydrogen-bond acceptors (Lipinski definition) is 4. The number of carbonyl (C=O) groups is 3. The number of imide groups is 1. The highest BCUT2D eigenvalue weighted by Gasteiger charge is 2.47. The van der Waals surface area contributed by atoms with E-state index in [4.69, 9.17) is 4.42 Å². The van der Waals surface area contributed by atoms with Gasteiger partial charge in [-0.1, -0.05) is 37.5 Å². The summed E-state index contributed by atoms with van der Waals surface area (Å²) in [4.78, 5) is 41.7. The zero-order valence-corrected chi connectivity index (χ0v) is 15.0. The van der Waals surface area contributed by atoms with Crippen LogP contribution in [0.15, 0.2) is 53.1 Å². The highest BCUT2D eigenvalue weighted by Crippen LogP contribution is 2.32. The van der Waals surface area contributed by atoms with E-state index in [0.717, 1.165) is 32.1 Å². The van der Waals surface area contributed by atoms with Crippen molar-refractivity contribution in [2.45, 2.75) is 50.6 Å². The van der Waals surface area contributed by atoms with Crippen molar-refractivity contribution in [3.05, 3.63) is 54.5 Å². The number of carbonyl (C=O) groups excluding carboxylic acids is 3. The van der Waals surface area contributed by atoms with Gasteiger partial charge in [0, 0.05) is 6.04 Å². The van der Waals surface area contributed by atoms with E-state index in [2.05, 4.69) is 0 Å². The van der Waals surface area contributed by atoms with Crippen molar-refractivity contribution in [3.63, 3.8) is 0 Å². The number of rotatable bonds is 4. The molecular weight excluding hydrogens is 344 g/mol. The van der Waals surface area contributed by atoms with Crippen LogP contribution in [0, 0.1) is 0 Å². The van der Waals surface area contributed by atoms with E-state index >= 15 is 0 Å². The molecule has 1 aromatic heterocycles. The summed E-state index contributed by atoms with van der Waals surface area (Å²) in [5.74, 6) is -0.715. The Kier molecular flexibility index (Phi) is 4.79. The lowest BCUT2D eigenvalue weighted by Gasteiger charge is -2.36. The third kappa shape index (κ3) is 3.27. The molecule has 27 heavy (non-hydrogen) atoms. The van der Waals surface area contributed by atoms with Crippen molar-refractivity contribution in [3.8, 4) is 0 Å². The molecule has 1 saturated carbocycles. The Morgan fingerprint density at radius 3 is 2.41 bits per heavy atom. The van der Waals surface area contributed by atoms with Gasteiger partial charge in [0.2, 0.25) is 5.91 Å². The molecule has 1 atom stereocenters. The lowest BCUT2D eigenvalue weighted by atomic mass is 9.92. The molecule has 0 spiro atoms. The molecule has 0 N–H and O–H groups in total. The molecule has 0 bridgehead atoms. The lowest BCUT2D eigenvalue weighted by Crippen LogP contribution is -2.51. The quantitative estimate of drug-likeness (QED) is 0.778. The Morgan fingerprint density at radius 2 is 1.74 bits per heavy atom. The number of amides is 3. The third-order valence-corrected chi connectivity index (χ3v) is 5.41. The maximum atomic E-state index is 13.2. The molecule has 1 aliphatic carbocycles. The molecule has 1 aliphatic heterocycles. The monoisotopic (exact) mass is 366 g/mol. The highest BCUT2D eigenvalue weighted by molar-refractivity contribution is 6.23. The van der Waals surface area contributed by atoms with Gasteiger partial charge in [0.25, 0.3) is 11.8 Å². The number of nitrogens with zero attached hydrogens (tertiary/aromatic N) is 2. The minimum Gasteiger partial charge on any atom is -0.459 e. The van der Waals surface area contributed by atoms with Crippen LogP contribution in [0.4, 0.5) is 5.69 Å². The van der Waals surface area contributed by atoms with Gasteiger partial charge in [0.15, 0.2) is 5.76 Å². The Labute approximate surface area is 157 Å². The zero-order valence-electron chi connectivity index (χ0n) is 15.0. The fourth-order valence-corrected chi connectivity index (χ4v) is 4.13. The first kappa shape index (κ1) is 17.5. The van der Waals surface area contributed by atoms with E-state index in [-0.39, 0.29) is 35.9 Å². The second-order valence-electron chi connectivity index (χ2n) is 7.10. The van der Waals surface area contributed by atoms with Crippen LogP contribution in [0.3, 0.4) is 0 Å². The van der Waals surface area contributed by atoms with Crippen LogP contribution in [-0.4, -0.2) is 34.7 Å². The molecule has 2 heterocycles. The van der Waals surface area contributed by atoms with Gasteiger partial charge in [-0.05, 0) is 37.1 Å². The maximum absolute atomic E-state index is 13.2. The van der Waals surface area contributed by atoms with Crippen molar-refractivity contribution in [1.29, 1.82) is 0 Å². The number of anilines is 1. The van der Waals surface area contributed by atoms with Crippen LogP contribution >= 0.6 is 0 Å². The normalized spacial score (nSPS) is 20.9. The van der Waals surface area contributed by atoms with Crippen LogP contribution in [0.5, 0.6) is 0 Å². The Balaban J connectivity index is 1.66. The highest BCUT2D eigenvalue weighted by atomic mass is 16.3. The maximum Gasteiger partial charge on any atom is 0.290 e. The van der Waals surface area contributed by atoms with Gasteiger partial charge in [-0.15, -0.1) is 0 Å². The minimum absolute atomic E-state index is 0.0106. The molecular formula is C21H22N2O4. The summed E-state index contributed by atoms with van der Waals surface area (Å²) in [5, 5.41) is 0. The first-order valence-electron chi connectivity index (χ1n) is 9.45. The number of benzene rings is 1. The van der Waals surface area contributed by atoms with Gasteiger partial charge in [-0.3, -0.25) is 14.4 Å². The van der Waals surface area contributed by atoms with Crippen molar-refractivity contribution >= 4 is 23.4 Å². The molecule has 140 valence electrons.